The number of ether oxygens (including phenoxy) is 2. The molecule has 0 spiro atoms. The smallest absolute Gasteiger partial charge is 0.341 e. The number of nitrogens with one attached hydrogen (secondary N) is 1. The van der Waals surface area contributed by atoms with Crippen LogP contribution in [0.4, 0.5) is 0 Å². The van der Waals surface area contributed by atoms with E-state index >= 15 is 0 Å². The molecule has 0 bridgehead atoms. The van der Waals surface area contributed by atoms with Crippen LogP contribution in [0.3, 0.4) is 0 Å². The molecule has 1 rings (SSSR count). The van der Waals surface area contributed by atoms with E-state index in [4.69, 9.17) is 10.5 Å². The van der Waals surface area contributed by atoms with Crippen molar-refractivity contribution in [3.8, 4) is 5.75 Å². The largest absolute Gasteiger partial charge is 0.496 e. The van der Waals surface area contributed by atoms with Crippen LogP contribution >= 0.6 is 12.4 Å². The van der Waals surface area contributed by atoms with Crippen molar-refractivity contribution in [1.29, 1.82) is 0 Å². The zero-order valence-electron chi connectivity index (χ0n) is 12.3. The molecule has 0 saturated carbocycles. The second-order valence-corrected chi connectivity index (χ2v) is 4.48. The van der Waals surface area contributed by atoms with E-state index in [9.17, 15) is 9.59 Å². The molecule has 1 unspecified atom stereocenters. The maximum Gasteiger partial charge on any atom is 0.341 e. The highest BCUT2D eigenvalue weighted by molar-refractivity contribution is 5.92. The molecule has 1 atom stereocenters. The summed E-state index contributed by atoms with van der Waals surface area (Å²) in [6, 6.07) is 4.89. The summed E-state index contributed by atoms with van der Waals surface area (Å²) in [6.07, 6.45) is 0.264. The SMILES string of the molecule is COC(=O)c1cc(CNC(=O)CC(C)N)ccc1OC.Cl. The number of carbonyl (C=O) groups is 2. The molecule has 118 valence electrons. The monoisotopic (exact) mass is 316 g/mol. The zero-order chi connectivity index (χ0) is 15.1. The second-order valence-electron chi connectivity index (χ2n) is 4.48. The molecular weight excluding hydrogens is 296 g/mol. The van der Waals surface area contributed by atoms with Gasteiger partial charge in [-0.25, -0.2) is 4.79 Å². The topological polar surface area (TPSA) is 90.7 Å². The lowest BCUT2D eigenvalue weighted by molar-refractivity contribution is -0.121. The minimum atomic E-state index is -0.481. The van der Waals surface area contributed by atoms with E-state index in [0.717, 1.165) is 5.56 Å². The Morgan fingerprint density at radius 3 is 2.52 bits per heavy atom. The third kappa shape index (κ3) is 6.01. The Bertz CT molecular complexity index is 492. The Hall–Kier alpha value is -1.79. The Morgan fingerprint density at radius 2 is 2.00 bits per heavy atom. The van der Waals surface area contributed by atoms with E-state index in [0.29, 0.717) is 17.9 Å². The zero-order valence-corrected chi connectivity index (χ0v) is 13.2. The van der Waals surface area contributed by atoms with Gasteiger partial charge in [-0.2, -0.15) is 0 Å². The molecule has 0 aliphatic rings. The van der Waals surface area contributed by atoms with E-state index in [1.165, 1.54) is 14.2 Å². The molecule has 1 aromatic rings. The molecule has 0 heterocycles. The molecule has 1 aromatic carbocycles. The van der Waals surface area contributed by atoms with Crippen LogP contribution in [0.2, 0.25) is 0 Å². The highest BCUT2D eigenvalue weighted by atomic mass is 35.5. The number of halogens is 1. The van der Waals surface area contributed by atoms with Crippen molar-refractivity contribution < 1.29 is 19.1 Å². The second kappa shape index (κ2) is 9.20. The normalized spacial score (nSPS) is 11.0. The molecule has 0 aliphatic heterocycles. The van der Waals surface area contributed by atoms with E-state index in [2.05, 4.69) is 10.1 Å². The molecule has 0 fully saturated rings. The number of amides is 1. The third-order valence-electron chi connectivity index (χ3n) is 2.67. The van der Waals surface area contributed by atoms with Gasteiger partial charge in [0.15, 0.2) is 0 Å². The first-order valence-electron chi connectivity index (χ1n) is 6.25. The predicted molar refractivity (Wildman–Crippen MR) is 81.7 cm³/mol. The molecule has 7 heteroatoms. The van der Waals surface area contributed by atoms with E-state index < -0.39 is 5.97 Å². The molecule has 0 aromatic heterocycles. The van der Waals surface area contributed by atoms with Gasteiger partial charge in [-0.3, -0.25) is 4.79 Å². The van der Waals surface area contributed by atoms with Crippen molar-refractivity contribution in [2.45, 2.75) is 25.9 Å². The molecule has 0 saturated heterocycles. The van der Waals surface area contributed by atoms with Crippen LogP contribution in [0.25, 0.3) is 0 Å². The van der Waals surface area contributed by atoms with Crippen LogP contribution in [-0.2, 0) is 16.1 Å². The van der Waals surface area contributed by atoms with Crippen LogP contribution in [0.1, 0.15) is 29.3 Å². The summed E-state index contributed by atoms with van der Waals surface area (Å²) in [5, 5.41) is 2.74. The average molecular weight is 317 g/mol. The highest BCUT2D eigenvalue weighted by Crippen LogP contribution is 2.20. The predicted octanol–water partition coefficient (Wildman–Crippen LogP) is 1.26. The molecule has 0 aliphatic carbocycles. The lowest BCUT2D eigenvalue weighted by atomic mass is 10.1. The maximum absolute atomic E-state index is 11.6. The summed E-state index contributed by atoms with van der Waals surface area (Å²) >= 11 is 0. The summed E-state index contributed by atoms with van der Waals surface area (Å²) in [5.41, 5.74) is 6.65. The average Bonchev–Trinajstić information content (AvgIpc) is 2.43. The van der Waals surface area contributed by atoms with Crippen molar-refractivity contribution in [3.05, 3.63) is 29.3 Å². The fourth-order valence-electron chi connectivity index (χ4n) is 1.70. The van der Waals surface area contributed by atoms with Crippen molar-refractivity contribution in [2.24, 2.45) is 5.73 Å². The fraction of sp³-hybridized carbons (Fsp3) is 0.429. The summed E-state index contributed by atoms with van der Waals surface area (Å²) < 4.78 is 9.79. The number of rotatable bonds is 6. The minimum absolute atomic E-state index is 0. The fourth-order valence-corrected chi connectivity index (χ4v) is 1.70. The van der Waals surface area contributed by atoms with Crippen molar-refractivity contribution in [2.75, 3.05) is 14.2 Å². The van der Waals surface area contributed by atoms with Gasteiger partial charge in [0.2, 0.25) is 5.91 Å². The number of carbonyl (C=O) groups excluding carboxylic acids is 2. The lowest BCUT2D eigenvalue weighted by Crippen LogP contribution is -2.29. The molecule has 0 radical (unpaired) electrons. The number of methoxy groups -OCH3 is 2. The number of hydrogen-bond acceptors (Lipinski definition) is 5. The molecule has 1 amide bonds. The Labute approximate surface area is 130 Å². The summed E-state index contributed by atoms with van der Waals surface area (Å²) in [4.78, 5) is 23.1. The van der Waals surface area contributed by atoms with Crippen LogP contribution in [0.15, 0.2) is 18.2 Å². The number of nitrogens with two attached hydrogens (primary N) is 1. The van der Waals surface area contributed by atoms with Gasteiger partial charge in [0, 0.05) is 19.0 Å². The highest BCUT2D eigenvalue weighted by Gasteiger charge is 2.13. The van der Waals surface area contributed by atoms with Crippen molar-refractivity contribution in [3.63, 3.8) is 0 Å². The van der Waals surface area contributed by atoms with Gasteiger partial charge >= 0.3 is 5.97 Å². The molecule has 21 heavy (non-hydrogen) atoms. The number of benzene rings is 1. The van der Waals surface area contributed by atoms with Crippen molar-refractivity contribution in [1.82, 2.24) is 5.32 Å². The van der Waals surface area contributed by atoms with Crippen LogP contribution in [0.5, 0.6) is 5.75 Å². The van der Waals surface area contributed by atoms with Gasteiger partial charge in [-0.1, -0.05) is 6.07 Å². The van der Waals surface area contributed by atoms with Crippen molar-refractivity contribution >= 4 is 24.3 Å². The standard InChI is InChI=1S/C14H20N2O4.ClH/c1-9(15)6-13(17)16-8-10-4-5-12(19-2)11(7-10)14(18)20-3;/h4-5,7,9H,6,8,15H2,1-3H3,(H,16,17);1H. The van der Waals surface area contributed by atoms with E-state index in [1.54, 1.807) is 25.1 Å². The van der Waals surface area contributed by atoms with E-state index in [1.807, 2.05) is 0 Å². The van der Waals surface area contributed by atoms with E-state index in [-0.39, 0.29) is 30.8 Å². The van der Waals surface area contributed by atoms with Gasteiger partial charge in [-0.05, 0) is 24.6 Å². The van der Waals surface area contributed by atoms with Crippen LogP contribution < -0.4 is 15.8 Å². The lowest BCUT2D eigenvalue weighted by Gasteiger charge is -2.11. The summed E-state index contributed by atoms with van der Waals surface area (Å²) in [5.74, 6) is -0.177. The Balaban J connectivity index is 0.00000400. The van der Waals surface area contributed by atoms with Crippen LogP contribution in [0, 0.1) is 0 Å². The number of hydrogen-bond donors (Lipinski definition) is 2. The Kier molecular flexibility index (Phi) is 8.42. The summed E-state index contributed by atoms with van der Waals surface area (Å²) in [6.45, 7) is 2.09. The Morgan fingerprint density at radius 1 is 1.33 bits per heavy atom. The molecule has 3 N–H and O–H groups in total. The maximum atomic E-state index is 11.6. The molecular formula is C14H21ClN2O4. The molecule has 6 nitrogen and oxygen atoms in total. The first-order chi connectivity index (χ1) is 9.47. The summed E-state index contributed by atoms with van der Waals surface area (Å²) in [7, 11) is 2.78. The quantitative estimate of drug-likeness (QED) is 0.771. The van der Waals surface area contributed by atoms with Crippen LogP contribution in [-0.4, -0.2) is 32.1 Å². The van der Waals surface area contributed by atoms with Gasteiger partial charge in [-0.15, -0.1) is 12.4 Å². The van der Waals surface area contributed by atoms with Gasteiger partial charge in [0.05, 0.1) is 14.2 Å². The van der Waals surface area contributed by atoms with Gasteiger partial charge in [0.25, 0.3) is 0 Å². The van der Waals surface area contributed by atoms with Gasteiger partial charge in [0.1, 0.15) is 11.3 Å². The first-order valence-corrected chi connectivity index (χ1v) is 6.25. The first kappa shape index (κ1) is 19.2. The minimum Gasteiger partial charge on any atom is -0.496 e. The number of esters is 1. The van der Waals surface area contributed by atoms with Gasteiger partial charge < -0.3 is 20.5 Å². The third-order valence-corrected chi connectivity index (χ3v) is 2.67.